The lowest BCUT2D eigenvalue weighted by atomic mass is 10.1. The lowest BCUT2D eigenvalue weighted by Crippen LogP contribution is -2.30. The molecule has 1 fully saturated rings. The van der Waals surface area contributed by atoms with E-state index in [0.717, 1.165) is 49.1 Å². The number of rotatable bonds is 5. The van der Waals surface area contributed by atoms with Crippen LogP contribution in [0.15, 0.2) is 48.8 Å². The minimum atomic E-state index is 0.210. The van der Waals surface area contributed by atoms with Gasteiger partial charge >= 0.3 is 0 Å². The maximum absolute atomic E-state index is 12.7. The van der Waals surface area contributed by atoms with E-state index in [4.69, 9.17) is 0 Å². The van der Waals surface area contributed by atoms with Crippen molar-refractivity contribution in [3.8, 4) is 0 Å². The van der Waals surface area contributed by atoms with Crippen LogP contribution in [-0.2, 0) is 11.2 Å². The van der Waals surface area contributed by atoms with E-state index < -0.39 is 0 Å². The number of nitrogens with one attached hydrogen (secondary N) is 1. The summed E-state index contributed by atoms with van der Waals surface area (Å²) < 4.78 is 0. The quantitative estimate of drug-likeness (QED) is 0.775. The van der Waals surface area contributed by atoms with Crippen LogP contribution in [0.2, 0.25) is 0 Å². The van der Waals surface area contributed by atoms with Gasteiger partial charge in [-0.25, -0.2) is 4.98 Å². The van der Waals surface area contributed by atoms with Gasteiger partial charge in [0, 0.05) is 31.8 Å². The van der Waals surface area contributed by atoms with Gasteiger partial charge in [-0.2, -0.15) is 0 Å². The number of nitrogens with zero attached hydrogens (tertiary/aromatic N) is 3. The number of amides is 1. The molecule has 1 saturated heterocycles. The Kier molecular flexibility index (Phi) is 4.46. The van der Waals surface area contributed by atoms with Crippen molar-refractivity contribution in [3.05, 3.63) is 60.2 Å². The second-order valence-electron chi connectivity index (χ2n) is 6.58. The number of fused-ring (bicyclic) bond motifs is 1. The first-order valence-electron chi connectivity index (χ1n) is 8.94. The molecule has 2 aromatic heterocycles. The predicted molar refractivity (Wildman–Crippen MR) is 97.0 cm³/mol. The number of benzene rings is 1. The van der Waals surface area contributed by atoms with Crippen LogP contribution in [0.25, 0.3) is 11.0 Å². The number of likely N-dealkylation sites (tertiary alicyclic amines) is 1. The van der Waals surface area contributed by atoms with Crippen molar-refractivity contribution in [2.45, 2.75) is 38.1 Å². The van der Waals surface area contributed by atoms with Gasteiger partial charge in [0.15, 0.2) is 0 Å². The fourth-order valence-electron chi connectivity index (χ4n) is 3.67. The Balaban J connectivity index is 1.35. The smallest absolute Gasteiger partial charge is 0.223 e. The molecule has 1 atom stereocenters. The van der Waals surface area contributed by atoms with E-state index in [1.807, 2.05) is 41.3 Å². The van der Waals surface area contributed by atoms with Crippen LogP contribution in [0.3, 0.4) is 0 Å². The first-order valence-corrected chi connectivity index (χ1v) is 8.94. The minimum absolute atomic E-state index is 0.210. The number of imidazole rings is 1. The predicted octanol–water partition coefficient (Wildman–Crippen LogP) is 3.64. The molecule has 0 radical (unpaired) electrons. The Morgan fingerprint density at radius 1 is 1.20 bits per heavy atom. The van der Waals surface area contributed by atoms with Crippen molar-refractivity contribution in [2.24, 2.45) is 0 Å². The number of aromatic amines is 1. The number of pyridine rings is 1. The summed E-state index contributed by atoms with van der Waals surface area (Å²) in [5, 5.41) is 0. The molecule has 1 aliphatic rings. The van der Waals surface area contributed by atoms with Crippen molar-refractivity contribution in [2.75, 3.05) is 6.54 Å². The Morgan fingerprint density at radius 3 is 2.88 bits per heavy atom. The van der Waals surface area contributed by atoms with Gasteiger partial charge in [-0.3, -0.25) is 9.78 Å². The van der Waals surface area contributed by atoms with Gasteiger partial charge in [0.1, 0.15) is 5.82 Å². The van der Waals surface area contributed by atoms with Crippen molar-refractivity contribution in [1.82, 2.24) is 19.9 Å². The number of hydrogen-bond donors (Lipinski definition) is 1. The van der Waals surface area contributed by atoms with Crippen molar-refractivity contribution < 1.29 is 4.79 Å². The van der Waals surface area contributed by atoms with E-state index in [-0.39, 0.29) is 11.9 Å². The summed E-state index contributed by atoms with van der Waals surface area (Å²) in [5.41, 5.74) is 3.24. The lowest BCUT2D eigenvalue weighted by molar-refractivity contribution is -0.132. The largest absolute Gasteiger partial charge is 0.342 e. The van der Waals surface area contributed by atoms with E-state index in [1.165, 1.54) is 5.56 Å². The maximum Gasteiger partial charge on any atom is 0.223 e. The maximum atomic E-state index is 12.7. The Labute approximate surface area is 147 Å². The topological polar surface area (TPSA) is 61.9 Å². The Bertz CT molecular complexity index is 825. The molecule has 25 heavy (non-hydrogen) atoms. The Hall–Kier alpha value is -2.69. The number of aryl methyl sites for hydroxylation is 1. The van der Waals surface area contributed by atoms with Crippen LogP contribution in [0.4, 0.5) is 0 Å². The highest BCUT2D eigenvalue weighted by molar-refractivity contribution is 5.77. The monoisotopic (exact) mass is 334 g/mol. The summed E-state index contributed by atoms with van der Waals surface area (Å²) in [4.78, 5) is 26.7. The molecule has 5 nitrogen and oxygen atoms in total. The Morgan fingerprint density at radius 2 is 2.04 bits per heavy atom. The third-order valence-corrected chi connectivity index (χ3v) is 4.91. The standard InChI is InChI=1S/C20H22N4O/c25-20(24-14-4-7-18(24)15-10-12-21-13-11-15)9-3-8-19-22-16-5-1-2-6-17(16)23-19/h1-2,5-6,10-13,18H,3-4,7-9,14H2,(H,22,23)/t18-/m1/s1. The SMILES string of the molecule is O=C(CCCc1nc2ccccc2[nH]1)N1CCC[C@@H]1c1ccncc1. The molecule has 1 aliphatic heterocycles. The van der Waals surface area contributed by atoms with Crippen LogP contribution in [-0.4, -0.2) is 32.3 Å². The molecule has 0 unspecified atom stereocenters. The number of carbonyl (C=O) groups is 1. The fraction of sp³-hybridized carbons (Fsp3) is 0.350. The molecule has 0 aliphatic carbocycles. The summed E-state index contributed by atoms with van der Waals surface area (Å²) in [5.74, 6) is 1.21. The van der Waals surface area contributed by atoms with Crippen molar-refractivity contribution in [3.63, 3.8) is 0 Å². The molecule has 5 heteroatoms. The highest BCUT2D eigenvalue weighted by atomic mass is 16.2. The van der Waals surface area contributed by atoms with Gasteiger partial charge in [0.2, 0.25) is 5.91 Å². The van der Waals surface area contributed by atoms with Crippen LogP contribution >= 0.6 is 0 Å². The lowest BCUT2D eigenvalue weighted by Gasteiger charge is -2.25. The third-order valence-electron chi connectivity index (χ3n) is 4.91. The van der Waals surface area contributed by atoms with Gasteiger partial charge in [0.05, 0.1) is 17.1 Å². The highest BCUT2D eigenvalue weighted by Gasteiger charge is 2.29. The molecule has 0 bridgehead atoms. The van der Waals surface area contributed by atoms with Gasteiger partial charge < -0.3 is 9.88 Å². The van der Waals surface area contributed by atoms with E-state index in [0.29, 0.717) is 6.42 Å². The second kappa shape index (κ2) is 7.05. The molecular weight excluding hydrogens is 312 g/mol. The van der Waals surface area contributed by atoms with E-state index in [2.05, 4.69) is 15.0 Å². The fourth-order valence-corrected chi connectivity index (χ4v) is 3.67. The average Bonchev–Trinajstić information content (AvgIpc) is 3.29. The van der Waals surface area contributed by atoms with E-state index in [1.54, 1.807) is 12.4 Å². The number of para-hydroxylation sites is 2. The summed E-state index contributed by atoms with van der Waals surface area (Å²) in [6, 6.07) is 12.3. The second-order valence-corrected chi connectivity index (χ2v) is 6.58. The zero-order valence-corrected chi connectivity index (χ0v) is 14.2. The molecule has 3 aromatic rings. The van der Waals surface area contributed by atoms with Gasteiger partial charge in [-0.05, 0) is 49.1 Å². The van der Waals surface area contributed by atoms with Crippen LogP contribution in [0.1, 0.15) is 43.1 Å². The highest BCUT2D eigenvalue weighted by Crippen LogP contribution is 2.32. The molecule has 3 heterocycles. The number of H-pyrrole nitrogens is 1. The minimum Gasteiger partial charge on any atom is -0.342 e. The van der Waals surface area contributed by atoms with Gasteiger partial charge in [-0.1, -0.05) is 12.1 Å². The molecule has 0 saturated carbocycles. The number of hydrogen-bond acceptors (Lipinski definition) is 3. The summed E-state index contributed by atoms with van der Waals surface area (Å²) >= 11 is 0. The zero-order valence-electron chi connectivity index (χ0n) is 14.2. The average molecular weight is 334 g/mol. The first kappa shape index (κ1) is 15.8. The normalized spacial score (nSPS) is 17.3. The molecule has 1 amide bonds. The molecule has 1 N–H and O–H groups in total. The van der Waals surface area contributed by atoms with Crippen LogP contribution < -0.4 is 0 Å². The molecule has 1 aromatic carbocycles. The first-order chi connectivity index (χ1) is 12.3. The van der Waals surface area contributed by atoms with Crippen LogP contribution in [0, 0.1) is 0 Å². The van der Waals surface area contributed by atoms with Crippen molar-refractivity contribution >= 4 is 16.9 Å². The molecule has 128 valence electrons. The van der Waals surface area contributed by atoms with Crippen molar-refractivity contribution in [1.29, 1.82) is 0 Å². The third kappa shape index (κ3) is 3.40. The van der Waals surface area contributed by atoms with Gasteiger partial charge in [0.25, 0.3) is 0 Å². The number of aromatic nitrogens is 3. The summed E-state index contributed by atoms with van der Waals surface area (Å²) in [6.07, 6.45) is 7.91. The molecular formula is C20H22N4O. The molecule has 0 spiro atoms. The molecule has 4 rings (SSSR count). The zero-order chi connectivity index (χ0) is 17.1. The van der Waals surface area contributed by atoms with Gasteiger partial charge in [-0.15, -0.1) is 0 Å². The summed E-state index contributed by atoms with van der Waals surface area (Å²) in [7, 11) is 0. The van der Waals surface area contributed by atoms with E-state index >= 15 is 0 Å². The van der Waals surface area contributed by atoms with E-state index in [9.17, 15) is 4.79 Å². The van der Waals surface area contributed by atoms with Crippen LogP contribution in [0.5, 0.6) is 0 Å². The summed E-state index contributed by atoms with van der Waals surface area (Å²) in [6.45, 7) is 0.858. The number of carbonyl (C=O) groups excluding carboxylic acids is 1.